The Bertz CT molecular complexity index is 539. The summed E-state index contributed by atoms with van der Waals surface area (Å²) in [6.07, 6.45) is 1.42. The second-order valence-electron chi connectivity index (χ2n) is 3.22. The summed E-state index contributed by atoms with van der Waals surface area (Å²) in [5.74, 6) is 0.965. The van der Waals surface area contributed by atoms with E-state index in [0.29, 0.717) is 17.1 Å². The molecule has 0 bridgehead atoms. The molecule has 0 radical (unpaired) electrons. The first-order chi connectivity index (χ1) is 9.08. The molecule has 100 valence electrons. The number of nitrogens with one attached hydrogen (secondary N) is 1. The van der Waals surface area contributed by atoms with Crippen molar-refractivity contribution in [3.63, 3.8) is 0 Å². The predicted octanol–water partition coefficient (Wildman–Crippen LogP) is 1.20. The number of hydrazone groups is 1. The Labute approximate surface area is 123 Å². The summed E-state index contributed by atoms with van der Waals surface area (Å²) in [6, 6.07) is 4.58. The van der Waals surface area contributed by atoms with Gasteiger partial charge in [-0.15, -0.1) is 0 Å². The number of carbonyl (C=O) groups excluding carboxylic acids is 1. The maximum atomic E-state index is 10.5. The molecule has 0 aliphatic carbocycles. The van der Waals surface area contributed by atoms with E-state index >= 15 is 0 Å². The lowest BCUT2D eigenvalue weighted by Crippen LogP contribution is -2.24. The fourth-order valence-electron chi connectivity index (χ4n) is 1.23. The number of methoxy groups -OCH3 is 1. The number of primary amides is 1. The average Bonchev–Trinajstić information content (AvgIpc) is 2.36. The molecule has 2 amide bonds. The lowest BCUT2D eigenvalue weighted by molar-refractivity contribution is 0.249. The quantitative estimate of drug-likeness (QED) is 0.459. The monoisotopic (exact) mass is 374 g/mol. The smallest absolute Gasteiger partial charge is 0.332 e. The fraction of sp³-hybridized carbons (Fsp3) is 0.182. The third-order valence-corrected chi connectivity index (χ3v) is 2.72. The second-order valence-corrected chi connectivity index (χ2v) is 4.38. The van der Waals surface area contributed by atoms with E-state index in [-0.39, 0.29) is 6.61 Å². The topological polar surface area (TPSA) is 110 Å². The predicted molar refractivity (Wildman–Crippen MR) is 77.1 cm³/mol. The van der Waals surface area contributed by atoms with Crippen LogP contribution >= 0.6 is 22.6 Å². The molecule has 0 saturated heterocycles. The molecule has 0 heterocycles. The number of urea groups is 1. The number of halogens is 1. The van der Waals surface area contributed by atoms with Crippen molar-refractivity contribution in [2.24, 2.45) is 10.8 Å². The molecule has 0 fully saturated rings. The van der Waals surface area contributed by atoms with Crippen LogP contribution < -0.4 is 20.6 Å². The van der Waals surface area contributed by atoms with Crippen LogP contribution in [0.4, 0.5) is 4.79 Å². The third kappa shape index (κ3) is 4.63. The van der Waals surface area contributed by atoms with Gasteiger partial charge in [0.2, 0.25) is 0 Å². The Hall–Kier alpha value is -2.02. The van der Waals surface area contributed by atoms with Crippen LogP contribution in [0.1, 0.15) is 5.56 Å². The summed E-state index contributed by atoms with van der Waals surface area (Å²) >= 11 is 2.05. The largest absolute Gasteiger partial charge is 0.493 e. The first-order valence-electron chi connectivity index (χ1n) is 5.04. The molecule has 0 aliphatic rings. The number of benzene rings is 1. The molecule has 1 rings (SSSR count). The highest BCUT2D eigenvalue weighted by atomic mass is 127. The molecule has 8 heteroatoms. The van der Waals surface area contributed by atoms with E-state index in [1.165, 1.54) is 13.3 Å². The van der Waals surface area contributed by atoms with Gasteiger partial charge in [0.15, 0.2) is 18.1 Å². The highest BCUT2D eigenvalue weighted by Crippen LogP contribution is 2.33. The van der Waals surface area contributed by atoms with Crippen molar-refractivity contribution in [3.05, 3.63) is 21.3 Å². The molecular weight excluding hydrogens is 363 g/mol. The summed E-state index contributed by atoms with van der Waals surface area (Å²) in [7, 11) is 1.49. The number of amides is 2. The molecule has 0 aliphatic heterocycles. The number of nitrogens with two attached hydrogens (primary N) is 1. The van der Waals surface area contributed by atoms with Gasteiger partial charge in [-0.2, -0.15) is 10.4 Å². The van der Waals surface area contributed by atoms with Crippen molar-refractivity contribution in [3.8, 4) is 17.6 Å². The zero-order chi connectivity index (χ0) is 14.3. The van der Waals surface area contributed by atoms with Gasteiger partial charge in [0.25, 0.3) is 0 Å². The van der Waals surface area contributed by atoms with E-state index in [0.717, 1.165) is 3.57 Å². The van der Waals surface area contributed by atoms with Crippen molar-refractivity contribution < 1.29 is 14.3 Å². The van der Waals surface area contributed by atoms with E-state index in [1.54, 1.807) is 12.1 Å². The summed E-state index contributed by atoms with van der Waals surface area (Å²) in [4.78, 5) is 10.5. The Morgan fingerprint density at radius 2 is 2.42 bits per heavy atom. The summed E-state index contributed by atoms with van der Waals surface area (Å²) in [5.41, 5.74) is 7.67. The molecule has 0 atom stereocenters. The molecule has 0 saturated carbocycles. The fourth-order valence-corrected chi connectivity index (χ4v) is 2.01. The van der Waals surface area contributed by atoms with Crippen LogP contribution in [0, 0.1) is 14.9 Å². The van der Waals surface area contributed by atoms with E-state index in [4.69, 9.17) is 20.5 Å². The Kier molecular flexibility index (Phi) is 5.87. The molecule has 19 heavy (non-hydrogen) atoms. The summed E-state index contributed by atoms with van der Waals surface area (Å²) in [5, 5.41) is 12.2. The zero-order valence-corrected chi connectivity index (χ0v) is 12.2. The van der Waals surface area contributed by atoms with Gasteiger partial charge in [-0.25, -0.2) is 10.2 Å². The number of nitriles is 1. The second kappa shape index (κ2) is 7.42. The minimum atomic E-state index is -0.744. The summed E-state index contributed by atoms with van der Waals surface area (Å²) < 4.78 is 11.2. The Morgan fingerprint density at radius 1 is 1.68 bits per heavy atom. The van der Waals surface area contributed by atoms with Crippen LogP contribution in [-0.2, 0) is 0 Å². The number of ether oxygens (including phenoxy) is 2. The maximum Gasteiger partial charge on any atom is 0.332 e. The van der Waals surface area contributed by atoms with E-state index in [1.807, 2.05) is 6.07 Å². The van der Waals surface area contributed by atoms with Gasteiger partial charge in [0, 0.05) is 0 Å². The number of nitrogens with zero attached hydrogens (tertiary/aromatic N) is 2. The van der Waals surface area contributed by atoms with Crippen molar-refractivity contribution in [2.45, 2.75) is 0 Å². The Morgan fingerprint density at radius 3 is 3.00 bits per heavy atom. The van der Waals surface area contributed by atoms with Gasteiger partial charge < -0.3 is 15.2 Å². The highest BCUT2D eigenvalue weighted by Gasteiger charge is 2.10. The SMILES string of the molecule is COc1cc(/C=N/NC(N)=O)cc(I)c1OCC#N. The van der Waals surface area contributed by atoms with Gasteiger partial charge in [-0.05, 0) is 40.3 Å². The van der Waals surface area contributed by atoms with E-state index < -0.39 is 6.03 Å². The molecule has 1 aromatic carbocycles. The van der Waals surface area contributed by atoms with Gasteiger partial charge >= 0.3 is 6.03 Å². The molecule has 0 unspecified atom stereocenters. The van der Waals surface area contributed by atoms with Gasteiger partial charge in [-0.3, -0.25) is 0 Å². The van der Waals surface area contributed by atoms with Gasteiger partial charge in [0.05, 0.1) is 16.9 Å². The molecule has 0 aromatic heterocycles. The van der Waals surface area contributed by atoms with Crippen LogP contribution in [0.2, 0.25) is 0 Å². The zero-order valence-electron chi connectivity index (χ0n) is 10.0. The van der Waals surface area contributed by atoms with Crippen LogP contribution in [0.5, 0.6) is 11.5 Å². The van der Waals surface area contributed by atoms with Crippen molar-refractivity contribution in [1.82, 2.24) is 5.43 Å². The van der Waals surface area contributed by atoms with Crippen LogP contribution in [0.15, 0.2) is 17.2 Å². The molecular formula is C11H11IN4O3. The normalized spacial score (nSPS) is 9.95. The highest BCUT2D eigenvalue weighted by molar-refractivity contribution is 14.1. The standard InChI is InChI=1S/C11H11IN4O3/c1-18-9-5-7(6-15-16-11(14)17)4-8(12)10(9)19-3-2-13/h4-6H,3H2,1H3,(H3,14,16,17)/b15-6+. The number of carbonyl (C=O) groups is 1. The van der Waals surface area contributed by atoms with Crippen molar-refractivity contribution in [2.75, 3.05) is 13.7 Å². The van der Waals surface area contributed by atoms with Gasteiger partial charge in [0.1, 0.15) is 6.07 Å². The number of hydrogen-bond donors (Lipinski definition) is 2. The van der Waals surface area contributed by atoms with Crippen LogP contribution in [-0.4, -0.2) is 26.0 Å². The van der Waals surface area contributed by atoms with Crippen molar-refractivity contribution in [1.29, 1.82) is 5.26 Å². The molecule has 0 spiro atoms. The molecule has 7 nitrogen and oxygen atoms in total. The van der Waals surface area contributed by atoms with E-state index in [9.17, 15) is 4.79 Å². The van der Waals surface area contributed by atoms with E-state index in [2.05, 4.69) is 33.1 Å². The van der Waals surface area contributed by atoms with Crippen LogP contribution in [0.25, 0.3) is 0 Å². The van der Waals surface area contributed by atoms with Crippen LogP contribution in [0.3, 0.4) is 0 Å². The number of rotatable bonds is 5. The lowest BCUT2D eigenvalue weighted by Gasteiger charge is -2.11. The first-order valence-corrected chi connectivity index (χ1v) is 6.12. The average molecular weight is 374 g/mol. The third-order valence-electron chi connectivity index (χ3n) is 1.92. The minimum absolute atomic E-state index is 0.0664. The van der Waals surface area contributed by atoms with Crippen molar-refractivity contribution >= 4 is 34.8 Å². The Balaban J connectivity index is 2.99. The van der Waals surface area contributed by atoms with Gasteiger partial charge in [-0.1, -0.05) is 0 Å². The lowest BCUT2D eigenvalue weighted by atomic mass is 10.2. The minimum Gasteiger partial charge on any atom is -0.493 e. The first kappa shape index (κ1) is 15.0. The molecule has 3 N–H and O–H groups in total. The molecule has 1 aromatic rings. The maximum absolute atomic E-state index is 10.5. The summed E-state index contributed by atoms with van der Waals surface area (Å²) in [6.45, 7) is -0.0664. The number of hydrogen-bond acceptors (Lipinski definition) is 5.